The van der Waals surface area contributed by atoms with Gasteiger partial charge in [-0.15, -0.1) is 0 Å². The average Bonchev–Trinajstić information content (AvgIpc) is 2.55. The molecule has 0 aliphatic carbocycles. The third-order valence-electron chi connectivity index (χ3n) is 3.10. The lowest BCUT2D eigenvalue weighted by Crippen LogP contribution is -2.23. The minimum absolute atomic E-state index is 0.0682. The fourth-order valence-corrected chi connectivity index (χ4v) is 2.03. The van der Waals surface area contributed by atoms with Crippen molar-refractivity contribution in [2.24, 2.45) is 5.73 Å². The van der Waals surface area contributed by atoms with Gasteiger partial charge in [0.15, 0.2) is 6.10 Å². The maximum Gasteiger partial charge on any atom is 0.311 e. The Morgan fingerprint density at radius 3 is 2.54 bits per heavy atom. The summed E-state index contributed by atoms with van der Waals surface area (Å²) in [5.74, 6) is 0.0692. The number of nitro benzene ring substituents is 1. The molecule has 1 unspecified atom stereocenters. The molecule has 9 heteroatoms. The number of rotatable bonds is 7. The fraction of sp³-hybridized carbons (Fsp3) is 0.200. The quantitative estimate of drug-likeness (QED) is 0.606. The van der Waals surface area contributed by atoms with E-state index < -0.39 is 16.9 Å². The zero-order valence-corrected chi connectivity index (χ0v) is 13.0. The van der Waals surface area contributed by atoms with Crippen LogP contribution in [0.5, 0.6) is 17.2 Å². The van der Waals surface area contributed by atoms with Crippen molar-refractivity contribution in [2.45, 2.75) is 6.10 Å². The Kier molecular flexibility index (Phi) is 5.27. The molecule has 0 saturated heterocycles. The molecule has 2 N–H and O–H groups in total. The number of nitrogens with zero attached hydrogens (tertiary/aromatic N) is 2. The van der Waals surface area contributed by atoms with E-state index in [4.69, 9.17) is 19.9 Å². The number of benzene rings is 1. The van der Waals surface area contributed by atoms with Crippen molar-refractivity contribution in [3.63, 3.8) is 0 Å². The highest BCUT2D eigenvalue weighted by Gasteiger charge is 2.19. The number of nitro groups is 1. The van der Waals surface area contributed by atoms with E-state index in [1.807, 2.05) is 0 Å². The average molecular weight is 333 g/mol. The Hall–Kier alpha value is -3.20. The summed E-state index contributed by atoms with van der Waals surface area (Å²) < 4.78 is 15.6. The second-order valence-electron chi connectivity index (χ2n) is 4.63. The molecule has 24 heavy (non-hydrogen) atoms. The van der Waals surface area contributed by atoms with Gasteiger partial charge in [0.1, 0.15) is 11.5 Å². The number of ether oxygens (including phenoxy) is 3. The Morgan fingerprint density at radius 1 is 1.25 bits per heavy atom. The van der Waals surface area contributed by atoms with Gasteiger partial charge in [0.25, 0.3) is 5.91 Å². The van der Waals surface area contributed by atoms with Crippen LogP contribution in [0.25, 0.3) is 0 Å². The van der Waals surface area contributed by atoms with Gasteiger partial charge in [-0.05, 0) is 12.1 Å². The van der Waals surface area contributed by atoms with Crippen LogP contribution in [0.3, 0.4) is 0 Å². The number of carbonyl (C=O) groups excluding carboxylic acids is 1. The molecule has 0 fully saturated rings. The highest BCUT2D eigenvalue weighted by molar-refractivity contribution is 5.80. The lowest BCUT2D eigenvalue weighted by molar-refractivity contribution is -0.385. The molecule has 0 radical (unpaired) electrons. The second kappa shape index (κ2) is 7.38. The van der Waals surface area contributed by atoms with Crippen molar-refractivity contribution in [1.82, 2.24) is 4.98 Å². The predicted octanol–water partition coefficient (Wildman–Crippen LogP) is 1.96. The maximum absolute atomic E-state index is 11.3. The van der Waals surface area contributed by atoms with Crippen LogP contribution in [-0.2, 0) is 9.53 Å². The molecule has 0 spiro atoms. The molecular weight excluding hydrogens is 318 g/mol. The lowest BCUT2D eigenvalue weighted by atomic mass is 10.2. The summed E-state index contributed by atoms with van der Waals surface area (Å²) in [5, 5.41) is 10.9. The summed E-state index contributed by atoms with van der Waals surface area (Å²) in [5.41, 5.74) is 5.36. The molecule has 0 aliphatic heterocycles. The van der Waals surface area contributed by atoms with E-state index in [1.54, 1.807) is 6.07 Å². The van der Waals surface area contributed by atoms with Crippen LogP contribution in [0.2, 0.25) is 0 Å². The Bertz CT molecular complexity index is 765. The Morgan fingerprint density at radius 2 is 1.96 bits per heavy atom. The predicted molar refractivity (Wildman–Crippen MR) is 82.9 cm³/mol. The summed E-state index contributed by atoms with van der Waals surface area (Å²) in [6.07, 6.45) is 0.433. The number of methoxy groups -OCH3 is 2. The van der Waals surface area contributed by atoms with E-state index >= 15 is 0 Å². The van der Waals surface area contributed by atoms with Crippen molar-refractivity contribution in [1.29, 1.82) is 0 Å². The van der Waals surface area contributed by atoms with Crippen molar-refractivity contribution in [3.05, 3.63) is 52.3 Å². The third kappa shape index (κ3) is 3.76. The van der Waals surface area contributed by atoms with E-state index in [-0.39, 0.29) is 17.1 Å². The van der Waals surface area contributed by atoms with Crippen LogP contribution in [-0.4, -0.2) is 30.0 Å². The highest BCUT2D eigenvalue weighted by Crippen LogP contribution is 2.33. The van der Waals surface area contributed by atoms with E-state index in [0.717, 1.165) is 0 Å². The van der Waals surface area contributed by atoms with E-state index in [9.17, 15) is 14.9 Å². The number of hydrogen-bond donors (Lipinski definition) is 1. The summed E-state index contributed by atoms with van der Waals surface area (Å²) in [4.78, 5) is 25.7. The third-order valence-corrected chi connectivity index (χ3v) is 3.10. The minimum Gasteiger partial charge on any atom is -0.490 e. The Balaban J connectivity index is 2.28. The molecule has 1 aromatic carbocycles. The molecular formula is C15H15N3O6. The van der Waals surface area contributed by atoms with Crippen LogP contribution in [0.1, 0.15) is 11.8 Å². The zero-order valence-electron chi connectivity index (χ0n) is 13.0. The number of primary amides is 1. The molecule has 0 saturated carbocycles. The lowest BCUT2D eigenvalue weighted by Gasteiger charge is -2.12. The number of nitrogens with two attached hydrogens (primary N) is 1. The smallest absolute Gasteiger partial charge is 0.311 e. The van der Waals surface area contributed by atoms with Gasteiger partial charge in [0, 0.05) is 31.5 Å². The van der Waals surface area contributed by atoms with Gasteiger partial charge in [-0.1, -0.05) is 0 Å². The van der Waals surface area contributed by atoms with E-state index in [1.165, 1.54) is 44.7 Å². The monoisotopic (exact) mass is 333 g/mol. The van der Waals surface area contributed by atoms with Crippen molar-refractivity contribution >= 4 is 11.6 Å². The number of pyridine rings is 1. The summed E-state index contributed by atoms with van der Waals surface area (Å²) >= 11 is 0. The van der Waals surface area contributed by atoms with Gasteiger partial charge in [-0.2, -0.15) is 0 Å². The normalized spacial score (nSPS) is 11.6. The number of amides is 1. The SMILES string of the molecule is COc1cc(Oc2ccnc(C(OC)C(N)=O)c2)ccc1[N+](=O)[O-]. The maximum atomic E-state index is 11.3. The highest BCUT2D eigenvalue weighted by atomic mass is 16.6. The van der Waals surface area contributed by atoms with Crippen LogP contribution in [0.15, 0.2) is 36.5 Å². The van der Waals surface area contributed by atoms with E-state index in [2.05, 4.69) is 4.98 Å². The van der Waals surface area contributed by atoms with Gasteiger partial charge in [0.2, 0.25) is 5.75 Å². The second-order valence-corrected chi connectivity index (χ2v) is 4.63. The first-order valence-electron chi connectivity index (χ1n) is 6.74. The standard InChI is InChI=1S/C15H15N3O6/c1-22-13-8-9(3-4-12(13)18(20)21)24-10-5-6-17-11(7-10)14(23-2)15(16)19/h3-8,14H,1-2H3,(H2,16,19). The molecule has 1 heterocycles. The molecule has 2 aromatic rings. The van der Waals surface area contributed by atoms with Gasteiger partial charge in [-0.25, -0.2) is 0 Å². The number of hydrogen-bond acceptors (Lipinski definition) is 7. The van der Waals surface area contributed by atoms with Crippen LogP contribution >= 0.6 is 0 Å². The molecule has 0 aliphatic rings. The van der Waals surface area contributed by atoms with Gasteiger partial charge in [0.05, 0.1) is 17.7 Å². The first kappa shape index (κ1) is 17.2. The zero-order chi connectivity index (χ0) is 17.7. The van der Waals surface area contributed by atoms with Crippen molar-refractivity contribution < 1.29 is 23.9 Å². The minimum atomic E-state index is -1.00. The summed E-state index contributed by atoms with van der Waals surface area (Å²) in [7, 11) is 2.67. The topological polar surface area (TPSA) is 127 Å². The summed E-state index contributed by atoms with van der Waals surface area (Å²) in [6.45, 7) is 0. The van der Waals surface area contributed by atoms with Crippen molar-refractivity contribution in [2.75, 3.05) is 14.2 Å². The first-order chi connectivity index (χ1) is 11.5. The summed E-state index contributed by atoms with van der Waals surface area (Å²) in [6, 6.07) is 7.15. The van der Waals surface area contributed by atoms with Gasteiger partial charge >= 0.3 is 5.69 Å². The molecule has 0 bridgehead atoms. The van der Waals surface area contributed by atoms with Crippen LogP contribution in [0, 0.1) is 10.1 Å². The number of aromatic nitrogens is 1. The van der Waals surface area contributed by atoms with E-state index in [0.29, 0.717) is 11.5 Å². The number of carbonyl (C=O) groups is 1. The molecule has 9 nitrogen and oxygen atoms in total. The molecule has 1 amide bonds. The molecule has 126 valence electrons. The molecule has 1 atom stereocenters. The Labute approximate surface area is 137 Å². The van der Waals surface area contributed by atoms with Gasteiger partial charge < -0.3 is 19.9 Å². The van der Waals surface area contributed by atoms with Crippen LogP contribution in [0.4, 0.5) is 5.69 Å². The fourth-order valence-electron chi connectivity index (χ4n) is 2.03. The van der Waals surface area contributed by atoms with Crippen molar-refractivity contribution in [3.8, 4) is 17.2 Å². The first-order valence-corrected chi connectivity index (χ1v) is 6.74. The largest absolute Gasteiger partial charge is 0.490 e. The molecule has 2 rings (SSSR count). The molecule has 1 aromatic heterocycles. The van der Waals surface area contributed by atoms with Crippen LogP contribution < -0.4 is 15.2 Å². The van der Waals surface area contributed by atoms with Gasteiger partial charge in [-0.3, -0.25) is 19.9 Å².